The van der Waals surface area contributed by atoms with Crippen molar-refractivity contribution in [3.05, 3.63) is 29.3 Å². The molecule has 0 fully saturated rings. The topological polar surface area (TPSA) is 71.2 Å². The highest BCUT2D eigenvalue weighted by Crippen LogP contribution is 2.23. The van der Waals surface area contributed by atoms with E-state index in [1.54, 1.807) is 4.68 Å². The second kappa shape index (κ2) is 5.34. The second-order valence-corrected chi connectivity index (χ2v) is 6.19. The molecule has 106 valence electrons. The quantitative estimate of drug-likeness (QED) is 0.671. The number of hydrogen-bond acceptors (Lipinski definition) is 3. The molecule has 6 heteroatoms. The number of fused-ring (bicyclic) bond motifs is 1. The fourth-order valence-corrected chi connectivity index (χ4v) is 2.03. The Kier molecular flexibility index (Phi) is 3.92. The zero-order chi connectivity index (χ0) is 14.9. The minimum absolute atomic E-state index is 0.0488. The van der Waals surface area contributed by atoms with Gasteiger partial charge in [-0.2, -0.15) is 5.10 Å². The first-order valence-corrected chi connectivity index (χ1v) is 6.75. The van der Waals surface area contributed by atoms with Crippen molar-refractivity contribution in [3.63, 3.8) is 0 Å². The summed E-state index contributed by atoms with van der Waals surface area (Å²) in [6.45, 7) is 6.31. The molecule has 0 saturated heterocycles. The molecular weight excluding hydrogens is 274 g/mol. The van der Waals surface area contributed by atoms with Crippen molar-refractivity contribution < 1.29 is 5.32 Å². The van der Waals surface area contributed by atoms with Crippen LogP contribution < -0.4 is 5.32 Å². The molecule has 3 N–H and O–H groups in total. The van der Waals surface area contributed by atoms with E-state index < -0.39 is 0 Å². The van der Waals surface area contributed by atoms with Crippen LogP contribution in [0, 0.1) is 5.41 Å². The summed E-state index contributed by atoms with van der Waals surface area (Å²) in [6.07, 6.45) is 5.03. The molecule has 2 heterocycles. The summed E-state index contributed by atoms with van der Waals surface area (Å²) >= 11 is 6.19. The van der Waals surface area contributed by atoms with Crippen LogP contribution in [0.2, 0.25) is 5.15 Å². The zero-order valence-electron chi connectivity index (χ0n) is 12.1. The Morgan fingerprint density at radius 2 is 2.15 bits per heavy atom. The first-order chi connectivity index (χ1) is 9.30. The molecule has 20 heavy (non-hydrogen) atoms. The lowest BCUT2D eigenvalue weighted by Crippen LogP contribution is -2.89. The molecular formula is C14H19ClN5+. The van der Waals surface area contributed by atoms with Crippen LogP contribution in [0.15, 0.2) is 18.5 Å². The summed E-state index contributed by atoms with van der Waals surface area (Å²) < 4.78 is 1.71. The molecule has 0 spiro atoms. The largest absolute Gasteiger partial charge is 0.315 e. The van der Waals surface area contributed by atoms with E-state index in [0.717, 1.165) is 16.5 Å². The first kappa shape index (κ1) is 14.7. The van der Waals surface area contributed by atoms with Crippen LogP contribution in [0.3, 0.4) is 0 Å². The maximum atomic E-state index is 7.57. The SMILES string of the molecule is Cn1cc2c(Cl)nc(C(C=N)=C[NH2+]C(C)(C)C)cc2n1. The van der Waals surface area contributed by atoms with E-state index in [1.165, 1.54) is 6.21 Å². The number of aryl methyl sites for hydroxylation is 1. The van der Waals surface area contributed by atoms with Gasteiger partial charge in [-0.25, -0.2) is 4.98 Å². The summed E-state index contributed by atoms with van der Waals surface area (Å²) in [5.74, 6) is 0. The van der Waals surface area contributed by atoms with Crippen LogP contribution in [0.4, 0.5) is 0 Å². The van der Waals surface area contributed by atoms with Crippen LogP contribution >= 0.6 is 11.6 Å². The Labute approximate surface area is 123 Å². The average molecular weight is 293 g/mol. The molecule has 2 aromatic rings. The molecule has 0 aliphatic heterocycles. The van der Waals surface area contributed by atoms with E-state index in [1.807, 2.05) is 30.8 Å². The molecule has 0 aliphatic carbocycles. The zero-order valence-corrected chi connectivity index (χ0v) is 12.9. The van der Waals surface area contributed by atoms with Gasteiger partial charge in [-0.15, -0.1) is 0 Å². The lowest BCUT2D eigenvalue weighted by Gasteiger charge is -2.13. The van der Waals surface area contributed by atoms with E-state index in [0.29, 0.717) is 10.8 Å². The summed E-state index contributed by atoms with van der Waals surface area (Å²) in [4.78, 5) is 4.36. The predicted octanol–water partition coefficient (Wildman–Crippen LogP) is 1.97. The summed E-state index contributed by atoms with van der Waals surface area (Å²) in [5, 5.41) is 15.2. The van der Waals surface area contributed by atoms with Crippen molar-refractivity contribution >= 4 is 34.3 Å². The van der Waals surface area contributed by atoms with E-state index in [9.17, 15) is 0 Å². The first-order valence-electron chi connectivity index (χ1n) is 6.37. The summed E-state index contributed by atoms with van der Waals surface area (Å²) in [7, 11) is 1.84. The van der Waals surface area contributed by atoms with Crippen molar-refractivity contribution in [2.24, 2.45) is 7.05 Å². The summed E-state index contributed by atoms with van der Waals surface area (Å²) in [6, 6.07) is 1.86. The van der Waals surface area contributed by atoms with Gasteiger partial charge in [-0.3, -0.25) is 4.68 Å². The van der Waals surface area contributed by atoms with Crippen LogP contribution in [0.5, 0.6) is 0 Å². The van der Waals surface area contributed by atoms with Gasteiger partial charge < -0.3 is 10.7 Å². The van der Waals surface area contributed by atoms with E-state index in [2.05, 4.69) is 30.9 Å². The highest BCUT2D eigenvalue weighted by atomic mass is 35.5. The van der Waals surface area contributed by atoms with Crippen LogP contribution in [0.1, 0.15) is 26.5 Å². The van der Waals surface area contributed by atoms with Crippen molar-refractivity contribution in [3.8, 4) is 0 Å². The molecule has 5 nitrogen and oxygen atoms in total. The lowest BCUT2D eigenvalue weighted by atomic mass is 10.1. The number of rotatable bonds is 3. The molecule has 2 aromatic heterocycles. The van der Waals surface area contributed by atoms with Gasteiger partial charge in [-0.05, 0) is 26.8 Å². The smallest absolute Gasteiger partial charge is 0.140 e. The third-order valence-electron chi connectivity index (χ3n) is 2.79. The standard InChI is InChI=1S/C14H18ClN5/c1-14(2,3)17-7-9(6-16)11-5-12-10(13(15)18-11)8-20(4)19-12/h5-8,16-17H,1-4H3/p+1. The molecule has 2 rings (SSSR count). The van der Waals surface area contributed by atoms with Crippen molar-refractivity contribution in [1.29, 1.82) is 5.41 Å². The number of pyridine rings is 1. The van der Waals surface area contributed by atoms with Gasteiger partial charge in [0.25, 0.3) is 0 Å². The van der Waals surface area contributed by atoms with Crippen molar-refractivity contribution in [1.82, 2.24) is 14.8 Å². The lowest BCUT2D eigenvalue weighted by molar-refractivity contribution is -0.656. The van der Waals surface area contributed by atoms with Crippen LogP contribution in [-0.2, 0) is 7.05 Å². The molecule has 0 radical (unpaired) electrons. The van der Waals surface area contributed by atoms with Gasteiger partial charge in [0, 0.05) is 19.5 Å². The molecule has 0 atom stereocenters. The normalized spacial score (nSPS) is 12.9. The molecule has 0 unspecified atom stereocenters. The Hall–Kier alpha value is -1.72. The third kappa shape index (κ3) is 3.23. The number of nitrogens with two attached hydrogens (primary N) is 1. The molecule has 0 aliphatic rings. The van der Waals surface area contributed by atoms with Gasteiger partial charge >= 0.3 is 0 Å². The Morgan fingerprint density at radius 1 is 1.45 bits per heavy atom. The highest BCUT2D eigenvalue weighted by Gasteiger charge is 2.14. The monoisotopic (exact) mass is 292 g/mol. The van der Waals surface area contributed by atoms with Gasteiger partial charge in [0.05, 0.1) is 27.7 Å². The third-order valence-corrected chi connectivity index (χ3v) is 3.07. The number of hydrogen-bond donors (Lipinski definition) is 2. The Morgan fingerprint density at radius 3 is 2.75 bits per heavy atom. The maximum absolute atomic E-state index is 7.57. The fourth-order valence-electron chi connectivity index (χ4n) is 1.79. The summed E-state index contributed by atoms with van der Waals surface area (Å²) in [5.41, 5.74) is 2.21. The number of halogens is 1. The number of nitrogens with zero attached hydrogens (tertiary/aromatic N) is 3. The molecule has 0 amide bonds. The number of aromatic nitrogens is 3. The second-order valence-electron chi connectivity index (χ2n) is 5.83. The number of allylic oxidation sites excluding steroid dienone is 1. The van der Waals surface area contributed by atoms with Crippen LogP contribution in [0.25, 0.3) is 16.5 Å². The van der Waals surface area contributed by atoms with E-state index >= 15 is 0 Å². The van der Waals surface area contributed by atoms with Crippen LogP contribution in [-0.4, -0.2) is 26.5 Å². The van der Waals surface area contributed by atoms with Crippen molar-refractivity contribution in [2.45, 2.75) is 26.3 Å². The molecule has 0 bridgehead atoms. The van der Waals surface area contributed by atoms with Gasteiger partial charge in [0.15, 0.2) is 0 Å². The van der Waals surface area contributed by atoms with Gasteiger partial charge in [0.1, 0.15) is 11.4 Å². The van der Waals surface area contributed by atoms with E-state index in [4.69, 9.17) is 17.0 Å². The highest BCUT2D eigenvalue weighted by molar-refractivity contribution is 6.34. The minimum Gasteiger partial charge on any atom is -0.315 e. The predicted molar refractivity (Wildman–Crippen MR) is 82.0 cm³/mol. The Balaban J connectivity index is 2.47. The number of nitrogens with one attached hydrogen (secondary N) is 1. The molecule has 0 aromatic carbocycles. The average Bonchev–Trinajstić information content (AvgIpc) is 2.69. The van der Waals surface area contributed by atoms with E-state index in [-0.39, 0.29) is 5.54 Å². The minimum atomic E-state index is 0.0488. The maximum Gasteiger partial charge on any atom is 0.140 e. The van der Waals surface area contributed by atoms with Crippen molar-refractivity contribution in [2.75, 3.05) is 0 Å². The van der Waals surface area contributed by atoms with Gasteiger partial charge in [0.2, 0.25) is 0 Å². The van der Waals surface area contributed by atoms with Gasteiger partial charge in [-0.1, -0.05) is 11.6 Å². The Bertz CT molecular complexity index is 679. The fraction of sp³-hybridized carbons (Fsp3) is 0.357. The molecule has 0 saturated carbocycles. The number of quaternary nitrogens is 1.